The van der Waals surface area contributed by atoms with Gasteiger partial charge in [0.2, 0.25) is 5.89 Å². The first-order valence-electron chi connectivity index (χ1n) is 5.79. The number of rotatable bonds is 6. The summed E-state index contributed by atoms with van der Waals surface area (Å²) in [5.41, 5.74) is 1.16. The summed E-state index contributed by atoms with van der Waals surface area (Å²) >= 11 is 1.23. The summed E-state index contributed by atoms with van der Waals surface area (Å²) in [5.74, 6) is 1.66. The van der Waals surface area contributed by atoms with Crippen molar-refractivity contribution in [2.45, 2.75) is 18.6 Å². The Morgan fingerprint density at radius 2 is 2.32 bits per heavy atom. The molecule has 0 unspecified atom stereocenters. The minimum Gasteiger partial charge on any atom is -0.493 e. The van der Waals surface area contributed by atoms with E-state index in [4.69, 9.17) is 14.4 Å². The highest BCUT2D eigenvalue weighted by Gasteiger charge is 2.06. The van der Waals surface area contributed by atoms with E-state index < -0.39 is 0 Å². The van der Waals surface area contributed by atoms with Crippen LogP contribution < -0.4 is 4.74 Å². The van der Waals surface area contributed by atoms with Gasteiger partial charge in [-0.2, -0.15) is 5.26 Å². The Morgan fingerprint density at radius 1 is 1.42 bits per heavy atom. The lowest BCUT2D eigenvalue weighted by Crippen LogP contribution is -2.01. The Kier molecular flexibility index (Phi) is 4.81. The summed E-state index contributed by atoms with van der Waals surface area (Å²) in [6.45, 7) is 2.50. The molecule has 0 N–H and O–H groups in total. The van der Waals surface area contributed by atoms with Crippen LogP contribution in [-0.4, -0.2) is 22.6 Å². The molecule has 0 aliphatic rings. The second-order valence-corrected chi connectivity index (χ2v) is 4.75. The van der Waals surface area contributed by atoms with Crippen molar-refractivity contribution >= 4 is 11.8 Å². The number of hydrogen-bond acceptors (Lipinski definition) is 6. The molecule has 0 saturated carbocycles. The minimum absolute atomic E-state index is 0.307. The molecular weight excluding hydrogens is 262 g/mol. The van der Waals surface area contributed by atoms with E-state index in [-0.39, 0.29) is 0 Å². The van der Waals surface area contributed by atoms with Crippen LogP contribution in [0.3, 0.4) is 0 Å². The molecule has 0 saturated heterocycles. The van der Waals surface area contributed by atoms with Gasteiger partial charge < -0.3 is 9.15 Å². The van der Waals surface area contributed by atoms with Gasteiger partial charge in [-0.25, -0.2) is 0 Å². The number of aryl methyl sites for hydroxylation is 1. The maximum atomic E-state index is 8.44. The quantitative estimate of drug-likeness (QED) is 0.755. The van der Waals surface area contributed by atoms with Crippen molar-refractivity contribution in [3.05, 3.63) is 35.7 Å². The van der Waals surface area contributed by atoms with E-state index >= 15 is 0 Å². The Labute approximate surface area is 115 Å². The molecule has 5 nitrogen and oxygen atoms in total. The summed E-state index contributed by atoms with van der Waals surface area (Å²) < 4.78 is 11.0. The van der Waals surface area contributed by atoms with E-state index in [9.17, 15) is 0 Å². The third kappa shape index (κ3) is 4.30. The van der Waals surface area contributed by atoms with E-state index in [2.05, 4.69) is 10.2 Å². The molecule has 1 heterocycles. The second-order valence-electron chi connectivity index (χ2n) is 3.82. The predicted octanol–water partition coefficient (Wildman–Crippen LogP) is 2.62. The molecule has 98 valence electrons. The molecule has 19 heavy (non-hydrogen) atoms. The maximum Gasteiger partial charge on any atom is 0.277 e. The van der Waals surface area contributed by atoms with Crippen LogP contribution in [0.2, 0.25) is 0 Å². The van der Waals surface area contributed by atoms with Crippen molar-refractivity contribution in [3.63, 3.8) is 0 Å². The SMILES string of the molecule is Cc1cccc(OCCc2nnc(SCC#N)o2)c1. The third-order valence-corrected chi connectivity index (χ3v) is 2.97. The van der Waals surface area contributed by atoms with Gasteiger partial charge in [0.1, 0.15) is 5.75 Å². The molecule has 0 spiro atoms. The zero-order chi connectivity index (χ0) is 13.5. The van der Waals surface area contributed by atoms with Crippen LogP contribution in [-0.2, 0) is 6.42 Å². The lowest BCUT2D eigenvalue weighted by molar-refractivity contribution is 0.299. The second kappa shape index (κ2) is 6.81. The molecule has 6 heteroatoms. The number of aromatic nitrogens is 2. The summed E-state index contributed by atoms with van der Waals surface area (Å²) in [5, 5.41) is 16.6. The van der Waals surface area contributed by atoms with E-state index in [1.54, 1.807) is 0 Å². The normalized spacial score (nSPS) is 10.1. The standard InChI is InChI=1S/C13H13N3O2S/c1-10-3-2-4-11(9-10)17-7-5-12-15-16-13(18-12)19-8-6-14/h2-4,9H,5,7-8H2,1H3. The Hall–Kier alpha value is -2.00. The van der Waals surface area contributed by atoms with Crippen molar-refractivity contribution in [2.75, 3.05) is 12.4 Å². The topological polar surface area (TPSA) is 71.9 Å². The van der Waals surface area contributed by atoms with Gasteiger partial charge in [-0.15, -0.1) is 10.2 Å². The average molecular weight is 275 g/mol. The van der Waals surface area contributed by atoms with Crippen LogP contribution >= 0.6 is 11.8 Å². The van der Waals surface area contributed by atoms with Crippen molar-refractivity contribution in [2.24, 2.45) is 0 Å². The van der Waals surface area contributed by atoms with Gasteiger partial charge in [-0.1, -0.05) is 23.9 Å². The fourth-order valence-corrected chi connectivity index (χ4v) is 1.89. The van der Waals surface area contributed by atoms with Crippen LogP contribution in [0.4, 0.5) is 0 Å². The van der Waals surface area contributed by atoms with Gasteiger partial charge in [0.05, 0.1) is 24.8 Å². The fourth-order valence-electron chi connectivity index (χ4n) is 1.45. The van der Waals surface area contributed by atoms with Crippen molar-refractivity contribution in [3.8, 4) is 11.8 Å². The Morgan fingerprint density at radius 3 is 3.11 bits per heavy atom. The average Bonchev–Trinajstić information content (AvgIpc) is 2.84. The first kappa shape index (κ1) is 13.4. The van der Waals surface area contributed by atoms with Gasteiger partial charge in [-0.05, 0) is 24.6 Å². The molecule has 0 aliphatic heterocycles. The molecule has 2 aromatic rings. The van der Waals surface area contributed by atoms with Crippen molar-refractivity contribution < 1.29 is 9.15 Å². The van der Waals surface area contributed by atoms with Gasteiger partial charge in [-0.3, -0.25) is 0 Å². The fraction of sp³-hybridized carbons (Fsp3) is 0.308. The number of benzene rings is 1. The Balaban J connectivity index is 1.79. The third-order valence-electron chi connectivity index (χ3n) is 2.28. The Bertz CT molecular complexity index is 577. The summed E-state index contributed by atoms with van der Waals surface area (Å²) in [4.78, 5) is 0. The molecule has 0 atom stereocenters. The maximum absolute atomic E-state index is 8.44. The first-order valence-corrected chi connectivity index (χ1v) is 6.78. The number of hydrogen-bond donors (Lipinski definition) is 0. The molecule has 1 aromatic carbocycles. The van der Waals surface area contributed by atoms with E-state index in [0.29, 0.717) is 29.9 Å². The zero-order valence-corrected chi connectivity index (χ0v) is 11.3. The van der Waals surface area contributed by atoms with Crippen LogP contribution in [0.1, 0.15) is 11.5 Å². The molecule has 2 rings (SSSR count). The van der Waals surface area contributed by atoms with E-state index in [0.717, 1.165) is 11.3 Å². The van der Waals surface area contributed by atoms with Crippen molar-refractivity contribution in [1.82, 2.24) is 10.2 Å². The first-order chi connectivity index (χ1) is 9.28. The van der Waals surface area contributed by atoms with Gasteiger partial charge >= 0.3 is 0 Å². The van der Waals surface area contributed by atoms with Crippen LogP contribution in [0, 0.1) is 18.3 Å². The minimum atomic E-state index is 0.307. The number of nitriles is 1. The summed E-state index contributed by atoms with van der Waals surface area (Å²) in [6, 6.07) is 9.86. The molecular formula is C13H13N3O2S. The van der Waals surface area contributed by atoms with Crippen LogP contribution in [0.25, 0.3) is 0 Å². The van der Waals surface area contributed by atoms with Crippen molar-refractivity contribution in [1.29, 1.82) is 5.26 Å². The van der Waals surface area contributed by atoms with E-state index in [1.165, 1.54) is 11.8 Å². The molecule has 1 aromatic heterocycles. The van der Waals surface area contributed by atoms with Gasteiger partial charge in [0.15, 0.2) is 0 Å². The predicted molar refractivity (Wildman–Crippen MR) is 71.0 cm³/mol. The van der Waals surface area contributed by atoms with E-state index in [1.807, 2.05) is 37.3 Å². The molecule has 0 fully saturated rings. The molecule has 0 aliphatic carbocycles. The van der Waals surface area contributed by atoms with Crippen LogP contribution in [0.15, 0.2) is 33.9 Å². The number of nitrogens with zero attached hydrogens (tertiary/aromatic N) is 3. The van der Waals surface area contributed by atoms with Gasteiger partial charge in [0.25, 0.3) is 5.22 Å². The summed E-state index contributed by atoms with van der Waals surface area (Å²) in [6.07, 6.45) is 0.550. The highest BCUT2D eigenvalue weighted by molar-refractivity contribution is 7.99. The molecule has 0 bridgehead atoms. The number of ether oxygens (including phenoxy) is 1. The largest absolute Gasteiger partial charge is 0.493 e. The van der Waals surface area contributed by atoms with Crippen LogP contribution in [0.5, 0.6) is 5.75 Å². The summed E-state index contributed by atoms with van der Waals surface area (Å²) in [7, 11) is 0. The van der Waals surface area contributed by atoms with Gasteiger partial charge in [0, 0.05) is 0 Å². The molecule has 0 radical (unpaired) electrons. The number of thioether (sulfide) groups is 1. The smallest absolute Gasteiger partial charge is 0.277 e. The monoisotopic (exact) mass is 275 g/mol. The molecule has 0 amide bonds. The zero-order valence-electron chi connectivity index (χ0n) is 10.5. The lowest BCUT2D eigenvalue weighted by atomic mass is 10.2. The highest BCUT2D eigenvalue weighted by Crippen LogP contribution is 2.16. The highest BCUT2D eigenvalue weighted by atomic mass is 32.2. The lowest BCUT2D eigenvalue weighted by Gasteiger charge is -2.04.